The van der Waals surface area contributed by atoms with Crippen molar-refractivity contribution in [2.75, 3.05) is 23.9 Å². The molecule has 2 aromatic heterocycles. The summed E-state index contributed by atoms with van der Waals surface area (Å²) in [6, 6.07) is 6.24. The van der Waals surface area contributed by atoms with Gasteiger partial charge in [-0.25, -0.2) is 18.3 Å². The molecule has 0 radical (unpaired) electrons. The van der Waals surface area contributed by atoms with Crippen molar-refractivity contribution in [3.63, 3.8) is 0 Å². The number of fused-ring (bicyclic) bond motifs is 1. The van der Waals surface area contributed by atoms with Gasteiger partial charge >= 0.3 is 5.69 Å². The predicted octanol–water partition coefficient (Wildman–Crippen LogP) is 2.06. The molecular weight excluding hydrogens is 391 g/mol. The van der Waals surface area contributed by atoms with Gasteiger partial charge < -0.3 is 15.0 Å². The molecule has 0 saturated carbocycles. The summed E-state index contributed by atoms with van der Waals surface area (Å²) in [5.41, 5.74) is -0.207. The Balaban J connectivity index is 1.52. The van der Waals surface area contributed by atoms with Crippen LogP contribution in [-0.2, 0) is 11.3 Å². The maximum atomic E-state index is 13.8. The van der Waals surface area contributed by atoms with Crippen LogP contribution >= 0.6 is 0 Å². The Hall–Kier alpha value is -3.43. The third-order valence-corrected chi connectivity index (χ3v) is 5.27. The lowest BCUT2D eigenvalue weighted by atomic mass is 10.0. The summed E-state index contributed by atoms with van der Waals surface area (Å²) in [5, 5.41) is 6.74. The predicted molar refractivity (Wildman–Crippen MR) is 109 cm³/mol. The molecule has 1 amide bonds. The lowest BCUT2D eigenvalue weighted by Crippen LogP contribution is -2.38. The molecule has 0 bridgehead atoms. The van der Waals surface area contributed by atoms with Crippen molar-refractivity contribution in [2.24, 2.45) is 0 Å². The van der Waals surface area contributed by atoms with E-state index in [0.717, 1.165) is 36.0 Å². The molecule has 1 aliphatic heterocycles. The van der Waals surface area contributed by atoms with E-state index < -0.39 is 17.4 Å². The lowest BCUT2D eigenvalue weighted by Gasteiger charge is -2.34. The fourth-order valence-corrected chi connectivity index (χ4v) is 3.68. The van der Waals surface area contributed by atoms with Crippen LogP contribution in [0.1, 0.15) is 26.2 Å². The number of benzene rings is 1. The van der Waals surface area contributed by atoms with E-state index in [9.17, 15) is 14.0 Å². The highest BCUT2D eigenvalue weighted by atomic mass is 19.1. The molecule has 9 nitrogen and oxygen atoms in total. The van der Waals surface area contributed by atoms with E-state index in [1.165, 1.54) is 30.1 Å². The Morgan fingerprint density at radius 3 is 2.90 bits per heavy atom. The molecular formula is C20H23FN6O3. The molecule has 0 aliphatic carbocycles. The number of carbonyl (C=O) groups is 1. The summed E-state index contributed by atoms with van der Waals surface area (Å²) >= 11 is 0. The molecule has 3 aromatic rings. The van der Waals surface area contributed by atoms with Gasteiger partial charge in [-0.05, 0) is 44.4 Å². The monoisotopic (exact) mass is 414 g/mol. The molecule has 4 rings (SSSR count). The number of carbonyl (C=O) groups excluding carboxylic acids is 1. The van der Waals surface area contributed by atoms with Gasteiger partial charge in [-0.1, -0.05) is 0 Å². The number of hydrogen-bond donors (Lipinski definition) is 1. The van der Waals surface area contributed by atoms with Crippen molar-refractivity contribution in [3.05, 3.63) is 46.8 Å². The van der Waals surface area contributed by atoms with Crippen LogP contribution in [0.2, 0.25) is 0 Å². The second-order valence-corrected chi connectivity index (χ2v) is 7.33. The van der Waals surface area contributed by atoms with Crippen LogP contribution in [0.3, 0.4) is 0 Å². The maximum Gasteiger partial charge on any atom is 0.352 e. The standard InChI is InChI=1S/C20H23FN6O3/c1-13-5-3-4-9-25(13)17-8-10-26-19(23-17)24-27(20(26)29)12-18(28)22-14-6-7-16(30-2)15(21)11-14/h6-8,10-11,13H,3-5,9,12H2,1-2H3,(H,22,28). The second kappa shape index (κ2) is 8.13. The van der Waals surface area contributed by atoms with Gasteiger partial charge in [0.2, 0.25) is 5.91 Å². The first-order chi connectivity index (χ1) is 14.5. The highest BCUT2D eigenvalue weighted by Gasteiger charge is 2.21. The molecule has 1 atom stereocenters. The third kappa shape index (κ3) is 3.85. The first-order valence-corrected chi connectivity index (χ1v) is 9.82. The number of aromatic nitrogens is 4. The molecule has 1 N–H and O–H groups in total. The smallest absolute Gasteiger partial charge is 0.352 e. The van der Waals surface area contributed by atoms with Crippen molar-refractivity contribution in [3.8, 4) is 5.75 Å². The molecule has 1 unspecified atom stereocenters. The Morgan fingerprint density at radius 2 is 2.17 bits per heavy atom. The number of anilines is 2. The van der Waals surface area contributed by atoms with Crippen molar-refractivity contribution in [2.45, 2.75) is 38.8 Å². The van der Waals surface area contributed by atoms with Gasteiger partial charge in [0, 0.05) is 30.5 Å². The first-order valence-electron chi connectivity index (χ1n) is 9.82. The Morgan fingerprint density at radius 1 is 1.33 bits per heavy atom. The summed E-state index contributed by atoms with van der Waals surface area (Å²) in [5.74, 6) is -0.0168. The average molecular weight is 414 g/mol. The number of methoxy groups -OCH3 is 1. The van der Waals surface area contributed by atoms with E-state index >= 15 is 0 Å². The van der Waals surface area contributed by atoms with Crippen LogP contribution in [0, 0.1) is 5.82 Å². The fourth-order valence-electron chi connectivity index (χ4n) is 3.68. The summed E-state index contributed by atoms with van der Waals surface area (Å²) < 4.78 is 21.0. The molecule has 1 aliphatic rings. The number of hydrogen-bond acceptors (Lipinski definition) is 6. The molecule has 158 valence electrons. The molecule has 10 heteroatoms. The number of nitrogens with zero attached hydrogens (tertiary/aromatic N) is 5. The zero-order valence-electron chi connectivity index (χ0n) is 16.8. The Kier molecular flexibility index (Phi) is 5.39. The van der Waals surface area contributed by atoms with Gasteiger partial charge in [0.15, 0.2) is 11.6 Å². The van der Waals surface area contributed by atoms with Crippen LogP contribution in [0.4, 0.5) is 15.9 Å². The second-order valence-electron chi connectivity index (χ2n) is 7.33. The minimum atomic E-state index is -0.594. The largest absolute Gasteiger partial charge is 0.494 e. The minimum absolute atomic E-state index is 0.0782. The van der Waals surface area contributed by atoms with Crippen molar-refractivity contribution >= 4 is 23.2 Å². The topological polar surface area (TPSA) is 93.8 Å². The fraction of sp³-hybridized carbons (Fsp3) is 0.400. The van der Waals surface area contributed by atoms with Gasteiger partial charge in [-0.2, -0.15) is 4.98 Å². The normalized spacial score (nSPS) is 16.6. The zero-order chi connectivity index (χ0) is 21.3. The van der Waals surface area contributed by atoms with Crippen LogP contribution < -0.4 is 20.6 Å². The van der Waals surface area contributed by atoms with Crippen molar-refractivity contribution in [1.29, 1.82) is 0 Å². The Bertz CT molecular complexity index is 1140. The van der Waals surface area contributed by atoms with Gasteiger partial charge in [0.1, 0.15) is 12.4 Å². The number of halogens is 1. The van der Waals surface area contributed by atoms with Gasteiger partial charge in [-0.3, -0.25) is 4.79 Å². The van der Waals surface area contributed by atoms with Crippen molar-refractivity contribution in [1.82, 2.24) is 19.2 Å². The van der Waals surface area contributed by atoms with Gasteiger partial charge in [-0.15, -0.1) is 5.10 Å². The number of nitrogens with one attached hydrogen (secondary N) is 1. The lowest BCUT2D eigenvalue weighted by molar-refractivity contribution is -0.117. The van der Waals surface area contributed by atoms with E-state index in [1.807, 2.05) is 0 Å². The summed E-state index contributed by atoms with van der Waals surface area (Å²) in [6.07, 6.45) is 5.02. The third-order valence-electron chi connectivity index (χ3n) is 5.27. The van der Waals surface area contributed by atoms with Gasteiger partial charge in [0.25, 0.3) is 5.78 Å². The number of ether oxygens (including phenoxy) is 1. The number of piperidine rings is 1. The summed E-state index contributed by atoms with van der Waals surface area (Å²) in [7, 11) is 1.36. The van der Waals surface area contributed by atoms with E-state index in [-0.39, 0.29) is 23.8 Å². The Labute approximate surface area is 172 Å². The zero-order valence-corrected chi connectivity index (χ0v) is 16.8. The first kappa shape index (κ1) is 19.9. The van der Waals surface area contributed by atoms with Crippen LogP contribution in [0.5, 0.6) is 5.75 Å². The molecule has 1 fully saturated rings. The van der Waals surface area contributed by atoms with E-state index in [1.54, 1.807) is 12.3 Å². The van der Waals surface area contributed by atoms with Crippen LogP contribution in [0.15, 0.2) is 35.3 Å². The molecule has 0 spiro atoms. The molecule has 1 aromatic carbocycles. The molecule has 30 heavy (non-hydrogen) atoms. The average Bonchev–Trinajstić information content (AvgIpc) is 3.03. The number of rotatable bonds is 5. The summed E-state index contributed by atoms with van der Waals surface area (Å²) in [6.45, 7) is 2.75. The van der Waals surface area contributed by atoms with E-state index in [4.69, 9.17) is 4.74 Å². The van der Waals surface area contributed by atoms with E-state index in [2.05, 4.69) is 27.2 Å². The maximum absolute atomic E-state index is 13.8. The number of amides is 1. The minimum Gasteiger partial charge on any atom is -0.494 e. The summed E-state index contributed by atoms with van der Waals surface area (Å²) in [4.78, 5) is 31.6. The quantitative estimate of drug-likeness (QED) is 0.687. The highest BCUT2D eigenvalue weighted by molar-refractivity contribution is 5.90. The van der Waals surface area contributed by atoms with Gasteiger partial charge in [0.05, 0.1) is 7.11 Å². The van der Waals surface area contributed by atoms with Crippen LogP contribution in [0.25, 0.3) is 5.78 Å². The molecule has 3 heterocycles. The van der Waals surface area contributed by atoms with E-state index in [0.29, 0.717) is 6.04 Å². The van der Waals surface area contributed by atoms with Crippen molar-refractivity contribution < 1.29 is 13.9 Å². The molecule has 1 saturated heterocycles. The SMILES string of the molecule is COc1ccc(NC(=O)Cn2nc3nc(N4CCCCC4C)ccn3c2=O)cc1F. The van der Waals surface area contributed by atoms with Crippen LogP contribution in [-0.4, -0.2) is 44.8 Å². The highest BCUT2D eigenvalue weighted by Crippen LogP contribution is 2.23.